The summed E-state index contributed by atoms with van der Waals surface area (Å²) in [6.45, 7) is 2.70. The molecule has 1 aromatic carbocycles. The standard InChI is InChI=1S/C19H18N8O2/c1-24-18-14(11-23-24)19(22-12-21-18)26-9-7-25(8-10-26)16-5-4-15-13(3-2-6-20-15)17(16)27(28)29/h2-6,11-12H,7-10H2,1H3. The van der Waals surface area contributed by atoms with Crippen LogP contribution >= 0.6 is 0 Å². The molecule has 10 nitrogen and oxygen atoms in total. The Balaban J connectivity index is 1.45. The van der Waals surface area contributed by atoms with Crippen molar-refractivity contribution in [3.63, 3.8) is 0 Å². The molecule has 0 aliphatic carbocycles. The average Bonchev–Trinajstić information content (AvgIpc) is 3.14. The van der Waals surface area contributed by atoms with Crippen LogP contribution in [-0.2, 0) is 7.05 Å². The van der Waals surface area contributed by atoms with E-state index in [0.717, 1.165) is 16.9 Å². The largest absolute Gasteiger partial charge is 0.362 e. The molecule has 3 aromatic heterocycles. The number of piperazine rings is 1. The summed E-state index contributed by atoms with van der Waals surface area (Å²) in [6, 6.07) is 7.12. The summed E-state index contributed by atoms with van der Waals surface area (Å²) >= 11 is 0. The van der Waals surface area contributed by atoms with Crippen molar-refractivity contribution < 1.29 is 4.92 Å². The van der Waals surface area contributed by atoms with E-state index in [1.54, 1.807) is 41.6 Å². The second kappa shape index (κ2) is 6.66. The zero-order chi connectivity index (χ0) is 20.0. The predicted molar refractivity (Wildman–Crippen MR) is 109 cm³/mol. The van der Waals surface area contributed by atoms with E-state index in [9.17, 15) is 10.1 Å². The molecule has 1 fully saturated rings. The number of nitro benzene ring substituents is 1. The molecule has 1 aliphatic rings. The van der Waals surface area contributed by atoms with Gasteiger partial charge in [-0.1, -0.05) is 0 Å². The number of nitrogens with zero attached hydrogens (tertiary/aromatic N) is 8. The lowest BCUT2D eigenvalue weighted by molar-refractivity contribution is -0.382. The molecule has 146 valence electrons. The Kier molecular flexibility index (Phi) is 3.97. The monoisotopic (exact) mass is 390 g/mol. The zero-order valence-corrected chi connectivity index (χ0v) is 15.8. The maximum absolute atomic E-state index is 11.8. The second-order valence-electron chi connectivity index (χ2n) is 6.94. The van der Waals surface area contributed by atoms with Crippen LogP contribution in [-0.4, -0.2) is 55.8 Å². The summed E-state index contributed by atoms with van der Waals surface area (Å²) in [5, 5.41) is 17.6. The highest BCUT2D eigenvalue weighted by Gasteiger charge is 2.27. The van der Waals surface area contributed by atoms with Gasteiger partial charge < -0.3 is 9.80 Å². The molecule has 0 saturated carbocycles. The van der Waals surface area contributed by atoms with Crippen molar-refractivity contribution in [3.05, 3.63) is 53.1 Å². The topological polar surface area (TPSA) is 106 Å². The fourth-order valence-corrected chi connectivity index (χ4v) is 3.93. The summed E-state index contributed by atoms with van der Waals surface area (Å²) in [7, 11) is 1.85. The van der Waals surface area contributed by atoms with Crippen molar-refractivity contribution in [2.45, 2.75) is 0 Å². The van der Waals surface area contributed by atoms with Gasteiger partial charge >= 0.3 is 5.69 Å². The molecular weight excluding hydrogens is 372 g/mol. The number of pyridine rings is 1. The molecule has 0 unspecified atom stereocenters. The molecule has 1 saturated heterocycles. The Morgan fingerprint density at radius 1 is 1.00 bits per heavy atom. The highest BCUT2D eigenvalue weighted by molar-refractivity contribution is 5.94. The first-order valence-corrected chi connectivity index (χ1v) is 9.28. The van der Waals surface area contributed by atoms with E-state index in [1.807, 2.05) is 13.1 Å². The number of anilines is 2. The minimum absolute atomic E-state index is 0.112. The van der Waals surface area contributed by atoms with E-state index in [0.29, 0.717) is 42.8 Å². The number of rotatable bonds is 3. The Hall–Kier alpha value is -3.82. The first-order valence-electron chi connectivity index (χ1n) is 9.28. The quantitative estimate of drug-likeness (QED) is 0.387. The molecule has 5 rings (SSSR count). The third-order valence-electron chi connectivity index (χ3n) is 5.35. The third kappa shape index (κ3) is 2.80. The fourth-order valence-electron chi connectivity index (χ4n) is 3.93. The lowest BCUT2D eigenvalue weighted by Gasteiger charge is -2.36. The van der Waals surface area contributed by atoms with Crippen LogP contribution in [0.15, 0.2) is 43.0 Å². The maximum atomic E-state index is 11.8. The van der Waals surface area contributed by atoms with Gasteiger partial charge in [0.25, 0.3) is 0 Å². The number of fused-ring (bicyclic) bond motifs is 2. The molecule has 0 bridgehead atoms. The van der Waals surface area contributed by atoms with Gasteiger partial charge in [0.05, 0.1) is 27.4 Å². The van der Waals surface area contributed by atoms with Gasteiger partial charge in [-0.05, 0) is 24.3 Å². The van der Waals surface area contributed by atoms with Crippen molar-refractivity contribution >= 4 is 39.1 Å². The van der Waals surface area contributed by atoms with Gasteiger partial charge in [-0.25, -0.2) is 9.97 Å². The summed E-state index contributed by atoms with van der Waals surface area (Å²) in [6.07, 6.45) is 4.97. The van der Waals surface area contributed by atoms with Crippen LogP contribution in [0, 0.1) is 10.1 Å². The van der Waals surface area contributed by atoms with Crippen molar-refractivity contribution in [2.24, 2.45) is 7.05 Å². The van der Waals surface area contributed by atoms with Gasteiger partial charge in [0.15, 0.2) is 5.65 Å². The molecule has 1 aliphatic heterocycles. The smallest absolute Gasteiger partial charge is 0.301 e. The summed E-state index contributed by atoms with van der Waals surface area (Å²) < 4.78 is 1.73. The minimum Gasteiger partial charge on any atom is -0.362 e. The Bertz CT molecular complexity index is 1230. The van der Waals surface area contributed by atoms with Gasteiger partial charge in [0.2, 0.25) is 0 Å². The normalized spacial score (nSPS) is 14.7. The van der Waals surface area contributed by atoms with Crippen LogP contribution in [0.5, 0.6) is 0 Å². The molecule has 0 radical (unpaired) electrons. The molecular formula is C19H18N8O2. The zero-order valence-electron chi connectivity index (χ0n) is 15.8. The van der Waals surface area contributed by atoms with Gasteiger partial charge in [-0.2, -0.15) is 5.10 Å². The molecule has 0 N–H and O–H groups in total. The van der Waals surface area contributed by atoms with Crippen molar-refractivity contribution in [3.8, 4) is 0 Å². The number of aromatic nitrogens is 5. The molecule has 10 heteroatoms. The van der Waals surface area contributed by atoms with Crippen LogP contribution in [0.25, 0.3) is 21.9 Å². The summed E-state index contributed by atoms with van der Waals surface area (Å²) in [4.78, 5) is 28.7. The summed E-state index contributed by atoms with van der Waals surface area (Å²) in [5.41, 5.74) is 2.15. The molecule has 29 heavy (non-hydrogen) atoms. The minimum atomic E-state index is -0.310. The molecule has 4 heterocycles. The maximum Gasteiger partial charge on any atom is 0.301 e. The van der Waals surface area contributed by atoms with Crippen LogP contribution in [0.1, 0.15) is 0 Å². The van der Waals surface area contributed by atoms with E-state index in [-0.39, 0.29) is 10.6 Å². The number of hydrogen-bond donors (Lipinski definition) is 0. The molecule has 0 spiro atoms. The van der Waals surface area contributed by atoms with Crippen molar-refractivity contribution in [1.82, 2.24) is 24.7 Å². The first-order chi connectivity index (χ1) is 14.1. The molecule has 4 aromatic rings. The van der Waals surface area contributed by atoms with Gasteiger partial charge in [0, 0.05) is 39.4 Å². The molecule has 0 atom stereocenters. The Morgan fingerprint density at radius 3 is 2.59 bits per heavy atom. The highest BCUT2D eigenvalue weighted by Crippen LogP contribution is 2.36. The van der Waals surface area contributed by atoms with E-state index in [4.69, 9.17) is 0 Å². The lowest BCUT2D eigenvalue weighted by Crippen LogP contribution is -2.47. The van der Waals surface area contributed by atoms with Gasteiger partial charge in [0.1, 0.15) is 17.8 Å². The van der Waals surface area contributed by atoms with E-state index in [2.05, 4.69) is 29.9 Å². The SMILES string of the molecule is Cn1ncc2c(N3CCN(c4ccc5ncccc5c4[N+](=O)[O-])CC3)ncnc21. The lowest BCUT2D eigenvalue weighted by atomic mass is 10.1. The van der Waals surface area contributed by atoms with E-state index >= 15 is 0 Å². The van der Waals surface area contributed by atoms with Crippen molar-refractivity contribution in [2.75, 3.05) is 36.0 Å². The number of nitro groups is 1. The third-order valence-corrected chi connectivity index (χ3v) is 5.35. The number of benzene rings is 1. The predicted octanol–water partition coefficient (Wildman–Crippen LogP) is 2.15. The number of hydrogen-bond acceptors (Lipinski definition) is 8. The fraction of sp³-hybridized carbons (Fsp3) is 0.263. The first kappa shape index (κ1) is 17.3. The van der Waals surface area contributed by atoms with Crippen LogP contribution in [0.2, 0.25) is 0 Å². The Morgan fingerprint density at radius 2 is 1.79 bits per heavy atom. The van der Waals surface area contributed by atoms with Crippen molar-refractivity contribution in [1.29, 1.82) is 0 Å². The highest BCUT2D eigenvalue weighted by atomic mass is 16.6. The van der Waals surface area contributed by atoms with Gasteiger partial charge in [-0.15, -0.1) is 0 Å². The van der Waals surface area contributed by atoms with E-state index < -0.39 is 0 Å². The molecule has 0 amide bonds. The van der Waals surface area contributed by atoms with Crippen LogP contribution < -0.4 is 9.80 Å². The van der Waals surface area contributed by atoms with Crippen LogP contribution in [0.4, 0.5) is 17.2 Å². The average molecular weight is 390 g/mol. The van der Waals surface area contributed by atoms with Gasteiger partial charge in [-0.3, -0.25) is 19.8 Å². The number of aryl methyl sites for hydroxylation is 1. The summed E-state index contributed by atoms with van der Waals surface area (Å²) in [5.74, 6) is 0.847. The Labute approximate surface area is 165 Å². The van der Waals surface area contributed by atoms with E-state index in [1.165, 1.54) is 0 Å². The second-order valence-corrected chi connectivity index (χ2v) is 6.94. The van der Waals surface area contributed by atoms with Crippen LogP contribution in [0.3, 0.4) is 0 Å².